The second-order valence-corrected chi connectivity index (χ2v) is 6.35. The Kier molecular flexibility index (Phi) is 4.06. The largest absolute Gasteiger partial charge is 0.493 e. The second kappa shape index (κ2) is 6.04. The monoisotopic (exact) mass is 347 g/mol. The fourth-order valence-corrected chi connectivity index (χ4v) is 4.29. The summed E-state index contributed by atoms with van der Waals surface area (Å²) in [4.78, 5) is 24.0. The Bertz CT molecular complexity index is 844. The Balaban J connectivity index is 2.21. The van der Waals surface area contributed by atoms with E-state index in [1.54, 1.807) is 14.2 Å². The van der Waals surface area contributed by atoms with Crippen molar-refractivity contribution in [1.82, 2.24) is 0 Å². The molecule has 7 nitrogen and oxygen atoms in total. The molecule has 3 rings (SSSR count). The maximum Gasteiger partial charge on any atom is 0.317 e. The van der Waals surface area contributed by atoms with E-state index in [0.29, 0.717) is 28.5 Å². The number of primary amides is 2. The highest BCUT2D eigenvalue weighted by Crippen LogP contribution is 2.47. The van der Waals surface area contributed by atoms with Crippen molar-refractivity contribution in [2.75, 3.05) is 19.5 Å². The van der Waals surface area contributed by atoms with Gasteiger partial charge in [-0.3, -0.25) is 10.1 Å². The molecule has 0 unspecified atom stereocenters. The minimum Gasteiger partial charge on any atom is -0.493 e. The van der Waals surface area contributed by atoms with Crippen molar-refractivity contribution < 1.29 is 19.1 Å². The molecule has 0 bridgehead atoms. The highest BCUT2D eigenvalue weighted by Gasteiger charge is 2.28. The van der Waals surface area contributed by atoms with Gasteiger partial charge >= 0.3 is 6.03 Å². The number of thiophene rings is 1. The van der Waals surface area contributed by atoms with Crippen LogP contribution in [-0.2, 0) is 12.8 Å². The van der Waals surface area contributed by atoms with Gasteiger partial charge in [0.2, 0.25) is 0 Å². The molecule has 1 aromatic carbocycles. The lowest BCUT2D eigenvalue weighted by Crippen LogP contribution is -2.22. The van der Waals surface area contributed by atoms with Crippen molar-refractivity contribution in [3.63, 3.8) is 0 Å². The summed E-state index contributed by atoms with van der Waals surface area (Å²) >= 11 is 1.28. The van der Waals surface area contributed by atoms with Crippen LogP contribution in [0.2, 0.25) is 0 Å². The normalized spacial score (nSPS) is 12.1. The smallest absolute Gasteiger partial charge is 0.317 e. The van der Waals surface area contributed by atoms with Gasteiger partial charge in [0.25, 0.3) is 5.91 Å². The number of benzene rings is 1. The van der Waals surface area contributed by atoms with Crippen LogP contribution in [0, 0.1) is 0 Å². The van der Waals surface area contributed by atoms with E-state index >= 15 is 0 Å². The van der Waals surface area contributed by atoms with E-state index in [1.165, 1.54) is 11.3 Å². The van der Waals surface area contributed by atoms with E-state index in [2.05, 4.69) is 5.32 Å². The van der Waals surface area contributed by atoms with Gasteiger partial charge in [0.05, 0.1) is 19.8 Å². The van der Waals surface area contributed by atoms with Crippen molar-refractivity contribution in [2.24, 2.45) is 11.5 Å². The number of amides is 3. The van der Waals surface area contributed by atoms with E-state index in [4.69, 9.17) is 20.9 Å². The molecular formula is C16H17N3O4S. The number of ether oxygens (including phenoxy) is 2. The molecule has 24 heavy (non-hydrogen) atoms. The van der Waals surface area contributed by atoms with Gasteiger partial charge in [-0.25, -0.2) is 4.79 Å². The lowest BCUT2D eigenvalue weighted by atomic mass is 9.88. The van der Waals surface area contributed by atoms with Crippen LogP contribution in [0.25, 0.3) is 10.4 Å². The average Bonchev–Trinajstić information content (AvgIpc) is 2.90. The van der Waals surface area contributed by atoms with Gasteiger partial charge < -0.3 is 20.9 Å². The Labute approximate surface area is 142 Å². The van der Waals surface area contributed by atoms with Gasteiger partial charge in [0.1, 0.15) is 5.00 Å². The van der Waals surface area contributed by atoms with Crippen LogP contribution < -0.4 is 26.3 Å². The topological polar surface area (TPSA) is 117 Å². The first-order chi connectivity index (χ1) is 11.5. The average molecular weight is 347 g/mol. The maximum atomic E-state index is 11.9. The molecule has 0 aliphatic heterocycles. The van der Waals surface area contributed by atoms with E-state index in [9.17, 15) is 9.59 Å². The Hall–Kier alpha value is -2.74. The predicted molar refractivity (Wildman–Crippen MR) is 92.0 cm³/mol. The van der Waals surface area contributed by atoms with Gasteiger partial charge in [-0.15, -0.1) is 11.3 Å². The van der Waals surface area contributed by atoms with Crippen LogP contribution >= 0.6 is 11.3 Å². The van der Waals surface area contributed by atoms with Gasteiger partial charge in [-0.05, 0) is 41.7 Å². The van der Waals surface area contributed by atoms with Crippen molar-refractivity contribution in [3.8, 4) is 21.9 Å². The molecule has 1 aromatic heterocycles. The first-order valence-electron chi connectivity index (χ1n) is 7.23. The second-order valence-electron chi connectivity index (χ2n) is 5.33. The summed E-state index contributed by atoms with van der Waals surface area (Å²) in [7, 11) is 3.15. The molecule has 3 amide bonds. The van der Waals surface area contributed by atoms with Gasteiger partial charge in [0.15, 0.2) is 11.5 Å². The number of carbonyl (C=O) groups excluding carboxylic acids is 2. The quantitative estimate of drug-likeness (QED) is 0.785. The van der Waals surface area contributed by atoms with Crippen LogP contribution in [0.5, 0.6) is 11.5 Å². The molecule has 0 fully saturated rings. The summed E-state index contributed by atoms with van der Waals surface area (Å²) in [5.41, 5.74) is 13.9. The first kappa shape index (κ1) is 16.1. The number of hydrogen-bond donors (Lipinski definition) is 3. The van der Waals surface area contributed by atoms with E-state index in [0.717, 1.165) is 28.0 Å². The first-order valence-corrected chi connectivity index (χ1v) is 8.05. The summed E-state index contributed by atoms with van der Waals surface area (Å²) in [6, 6.07) is 3.08. The molecule has 1 aliphatic carbocycles. The highest BCUT2D eigenvalue weighted by molar-refractivity contribution is 7.20. The highest BCUT2D eigenvalue weighted by atomic mass is 32.1. The van der Waals surface area contributed by atoms with Crippen molar-refractivity contribution >= 4 is 28.3 Å². The molecular weight excluding hydrogens is 330 g/mol. The fraction of sp³-hybridized carbons (Fsp3) is 0.250. The van der Waals surface area contributed by atoms with Gasteiger partial charge in [-0.1, -0.05) is 0 Å². The Morgan fingerprint density at radius 2 is 1.79 bits per heavy atom. The summed E-state index contributed by atoms with van der Waals surface area (Å²) in [5.74, 6) is 0.671. The minimum absolute atomic E-state index is 0.328. The zero-order valence-corrected chi connectivity index (χ0v) is 14.1. The number of carbonyl (C=O) groups is 2. The fourth-order valence-electron chi connectivity index (χ4n) is 2.98. The number of nitrogens with two attached hydrogens (primary N) is 2. The van der Waals surface area contributed by atoms with Crippen molar-refractivity contribution in [1.29, 1.82) is 0 Å². The third kappa shape index (κ3) is 2.54. The number of fused-ring (bicyclic) bond motifs is 3. The molecule has 0 saturated carbocycles. The van der Waals surface area contributed by atoms with Crippen LogP contribution in [-0.4, -0.2) is 26.2 Å². The Morgan fingerprint density at radius 1 is 1.12 bits per heavy atom. The van der Waals surface area contributed by atoms with E-state index in [-0.39, 0.29) is 0 Å². The molecule has 0 spiro atoms. The molecule has 1 aliphatic rings. The molecule has 126 valence electrons. The summed E-state index contributed by atoms with van der Waals surface area (Å²) in [5, 5.41) is 2.87. The molecule has 2 aromatic rings. The van der Waals surface area contributed by atoms with Gasteiger partial charge in [0, 0.05) is 4.88 Å². The molecule has 5 N–H and O–H groups in total. The SMILES string of the molecule is COc1cc2c(cc1OC)-c1sc(NC(N)=O)c(C(N)=O)c1CC2. The lowest BCUT2D eigenvalue weighted by Gasteiger charge is -2.19. The van der Waals surface area contributed by atoms with Crippen LogP contribution in [0.4, 0.5) is 9.80 Å². The van der Waals surface area contributed by atoms with Crippen LogP contribution in [0.15, 0.2) is 12.1 Å². The number of methoxy groups -OCH3 is 2. The Morgan fingerprint density at radius 3 is 2.38 bits per heavy atom. The molecule has 8 heteroatoms. The summed E-state index contributed by atoms with van der Waals surface area (Å²) < 4.78 is 10.7. The molecule has 0 radical (unpaired) electrons. The van der Waals surface area contributed by atoms with Crippen LogP contribution in [0.3, 0.4) is 0 Å². The third-order valence-electron chi connectivity index (χ3n) is 3.99. The molecule has 1 heterocycles. The number of aryl methyl sites for hydroxylation is 1. The zero-order chi connectivity index (χ0) is 17.4. The van der Waals surface area contributed by atoms with Crippen LogP contribution in [0.1, 0.15) is 21.5 Å². The molecule has 0 atom stereocenters. The van der Waals surface area contributed by atoms with Crippen molar-refractivity contribution in [2.45, 2.75) is 12.8 Å². The lowest BCUT2D eigenvalue weighted by molar-refractivity contribution is 0.100. The van der Waals surface area contributed by atoms with Gasteiger partial charge in [-0.2, -0.15) is 0 Å². The zero-order valence-electron chi connectivity index (χ0n) is 13.3. The molecule has 0 saturated heterocycles. The number of urea groups is 1. The maximum absolute atomic E-state index is 11.9. The standard InChI is InChI=1S/C16H17N3O4S/c1-22-10-5-7-3-4-8-12(14(17)20)15(19-16(18)21)24-13(8)9(7)6-11(10)23-2/h5-6H,3-4H2,1-2H3,(H2,17,20)(H3,18,19,21). The third-order valence-corrected chi connectivity index (χ3v) is 5.17. The van der Waals surface area contributed by atoms with E-state index < -0.39 is 11.9 Å². The van der Waals surface area contributed by atoms with E-state index in [1.807, 2.05) is 12.1 Å². The predicted octanol–water partition coefficient (Wildman–Crippen LogP) is 2.12. The summed E-state index contributed by atoms with van der Waals surface area (Å²) in [6.07, 6.45) is 1.38. The number of hydrogen-bond acceptors (Lipinski definition) is 5. The number of rotatable bonds is 4. The van der Waals surface area contributed by atoms with Crippen molar-refractivity contribution in [3.05, 3.63) is 28.8 Å². The number of nitrogens with one attached hydrogen (secondary N) is 1. The minimum atomic E-state index is -0.733. The number of anilines is 1. The summed E-state index contributed by atoms with van der Waals surface area (Å²) in [6.45, 7) is 0.